The Hall–Kier alpha value is -2.04. The molecule has 1 amide bonds. The van der Waals surface area contributed by atoms with Gasteiger partial charge in [0.05, 0.1) is 20.0 Å². The third kappa shape index (κ3) is 5.30. The number of aliphatic carboxylic acids is 1. The van der Waals surface area contributed by atoms with Gasteiger partial charge in [0.2, 0.25) is 5.91 Å². The molecule has 1 rings (SSSR count). The lowest BCUT2D eigenvalue weighted by Crippen LogP contribution is -2.37. The molecule has 0 saturated heterocycles. The van der Waals surface area contributed by atoms with E-state index >= 15 is 0 Å². The molecule has 0 spiro atoms. The molecule has 1 aromatic rings. The number of carbonyl (C=O) groups excluding carboxylic acids is 1. The van der Waals surface area contributed by atoms with E-state index in [9.17, 15) is 9.59 Å². The Morgan fingerprint density at radius 3 is 2.65 bits per heavy atom. The highest BCUT2D eigenvalue weighted by Gasteiger charge is 2.16. The van der Waals surface area contributed by atoms with Gasteiger partial charge in [-0.25, -0.2) is 0 Å². The monoisotopic (exact) mass is 279 g/mol. The van der Waals surface area contributed by atoms with Crippen LogP contribution in [0.3, 0.4) is 0 Å². The number of carboxylic acid groups (broad SMARTS) is 1. The molecule has 0 radical (unpaired) electrons. The van der Waals surface area contributed by atoms with Crippen LogP contribution in [0.1, 0.15) is 31.7 Å². The van der Waals surface area contributed by atoms with Crippen molar-refractivity contribution in [1.29, 1.82) is 0 Å². The first-order valence-electron chi connectivity index (χ1n) is 6.69. The Kier molecular flexibility index (Phi) is 6.56. The van der Waals surface area contributed by atoms with Crippen molar-refractivity contribution in [3.05, 3.63) is 29.8 Å². The van der Waals surface area contributed by atoms with Crippen LogP contribution in [0.2, 0.25) is 0 Å². The van der Waals surface area contributed by atoms with Gasteiger partial charge in [0.25, 0.3) is 0 Å². The summed E-state index contributed by atoms with van der Waals surface area (Å²) in [6, 6.07) is 6.98. The van der Waals surface area contributed by atoms with Crippen LogP contribution < -0.4 is 10.1 Å². The minimum Gasteiger partial charge on any atom is -0.496 e. The standard InChI is InChI=1S/C15H21NO4/c1-3-6-12(10-15(18)19)16-14(17)9-11-7-4-5-8-13(11)20-2/h4-5,7-8,12H,3,6,9-10H2,1-2H3,(H,16,17)(H,18,19). The SMILES string of the molecule is CCCC(CC(=O)O)NC(=O)Cc1ccccc1OC. The summed E-state index contributed by atoms with van der Waals surface area (Å²) in [6.07, 6.45) is 1.62. The molecule has 0 fully saturated rings. The number of methoxy groups -OCH3 is 1. The zero-order valence-corrected chi connectivity index (χ0v) is 11.9. The second-order valence-corrected chi connectivity index (χ2v) is 4.64. The number of carbonyl (C=O) groups is 2. The maximum atomic E-state index is 12.0. The van der Waals surface area contributed by atoms with Crippen LogP contribution in [0.5, 0.6) is 5.75 Å². The lowest BCUT2D eigenvalue weighted by molar-refractivity contribution is -0.137. The molecule has 0 aliphatic rings. The first kappa shape index (κ1) is 16.0. The third-order valence-electron chi connectivity index (χ3n) is 2.97. The number of nitrogens with one attached hydrogen (secondary N) is 1. The number of hydrogen-bond acceptors (Lipinski definition) is 3. The Labute approximate surface area is 118 Å². The molecule has 110 valence electrons. The third-order valence-corrected chi connectivity index (χ3v) is 2.97. The smallest absolute Gasteiger partial charge is 0.305 e. The van der Waals surface area contributed by atoms with Crippen molar-refractivity contribution in [2.45, 2.75) is 38.6 Å². The zero-order valence-electron chi connectivity index (χ0n) is 11.9. The van der Waals surface area contributed by atoms with Crippen LogP contribution in [0.15, 0.2) is 24.3 Å². The summed E-state index contributed by atoms with van der Waals surface area (Å²) in [5, 5.41) is 11.6. The van der Waals surface area contributed by atoms with Gasteiger partial charge in [0, 0.05) is 11.6 Å². The summed E-state index contributed by atoms with van der Waals surface area (Å²) in [5.74, 6) is -0.428. The lowest BCUT2D eigenvalue weighted by Gasteiger charge is -2.16. The number of para-hydroxylation sites is 1. The van der Waals surface area contributed by atoms with E-state index in [1.807, 2.05) is 25.1 Å². The lowest BCUT2D eigenvalue weighted by atomic mass is 10.1. The molecule has 1 aromatic carbocycles. The van der Waals surface area contributed by atoms with Crippen molar-refractivity contribution >= 4 is 11.9 Å². The summed E-state index contributed by atoms with van der Waals surface area (Å²) < 4.78 is 5.19. The molecule has 0 aliphatic carbocycles. The molecule has 1 unspecified atom stereocenters. The molecular formula is C15H21NO4. The molecule has 0 heterocycles. The van der Waals surface area contributed by atoms with Crippen molar-refractivity contribution in [1.82, 2.24) is 5.32 Å². The number of rotatable bonds is 8. The molecule has 0 bridgehead atoms. The first-order chi connectivity index (χ1) is 9.56. The quantitative estimate of drug-likeness (QED) is 0.763. The van der Waals surface area contributed by atoms with Crippen LogP contribution in [-0.2, 0) is 16.0 Å². The fourth-order valence-electron chi connectivity index (χ4n) is 2.09. The summed E-state index contributed by atoms with van der Waals surface area (Å²) >= 11 is 0. The number of amides is 1. The van der Waals surface area contributed by atoms with Crippen LogP contribution in [0.4, 0.5) is 0 Å². The predicted molar refractivity (Wildman–Crippen MR) is 75.8 cm³/mol. The maximum absolute atomic E-state index is 12.0. The van der Waals surface area contributed by atoms with Crippen LogP contribution >= 0.6 is 0 Å². The largest absolute Gasteiger partial charge is 0.496 e. The highest BCUT2D eigenvalue weighted by atomic mass is 16.5. The number of hydrogen-bond donors (Lipinski definition) is 2. The van der Waals surface area contributed by atoms with Gasteiger partial charge in [-0.3, -0.25) is 9.59 Å². The van der Waals surface area contributed by atoms with E-state index in [2.05, 4.69) is 5.32 Å². The molecule has 0 aromatic heterocycles. The van der Waals surface area contributed by atoms with Gasteiger partial charge >= 0.3 is 5.97 Å². The highest BCUT2D eigenvalue weighted by molar-refractivity contribution is 5.80. The van der Waals surface area contributed by atoms with E-state index in [4.69, 9.17) is 9.84 Å². The molecule has 2 N–H and O–H groups in total. The maximum Gasteiger partial charge on any atom is 0.305 e. The molecular weight excluding hydrogens is 258 g/mol. The molecule has 20 heavy (non-hydrogen) atoms. The zero-order chi connectivity index (χ0) is 15.0. The van der Waals surface area contributed by atoms with Gasteiger partial charge in [0.1, 0.15) is 5.75 Å². The van der Waals surface area contributed by atoms with Gasteiger partial charge in [-0.05, 0) is 12.5 Å². The minimum absolute atomic E-state index is 0.0501. The van der Waals surface area contributed by atoms with Crippen LogP contribution in [-0.4, -0.2) is 30.1 Å². The Bertz CT molecular complexity index is 459. The van der Waals surface area contributed by atoms with E-state index in [0.717, 1.165) is 12.0 Å². The van der Waals surface area contributed by atoms with Gasteiger partial charge in [-0.15, -0.1) is 0 Å². The summed E-state index contributed by atoms with van der Waals surface area (Å²) in [5.41, 5.74) is 0.790. The summed E-state index contributed by atoms with van der Waals surface area (Å²) in [4.78, 5) is 22.7. The normalized spacial score (nSPS) is 11.7. The highest BCUT2D eigenvalue weighted by Crippen LogP contribution is 2.17. The average molecular weight is 279 g/mol. The van der Waals surface area contributed by atoms with E-state index in [1.54, 1.807) is 13.2 Å². The van der Waals surface area contributed by atoms with Crippen molar-refractivity contribution < 1.29 is 19.4 Å². The van der Waals surface area contributed by atoms with Crippen LogP contribution in [0.25, 0.3) is 0 Å². The molecule has 0 saturated carbocycles. The fraction of sp³-hybridized carbons (Fsp3) is 0.467. The Balaban J connectivity index is 2.62. The van der Waals surface area contributed by atoms with Crippen molar-refractivity contribution in [2.24, 2.45) is 0 Å². The van der Waals surface area contributed by atoms with Crippen LogP contribution in [0, 0.1) is 0 Å². The van der Waals surface area contributed by atoms with E-state index in [0.29, 0.717) is 12.2 Å². The minimum atomic E-state index is -0.902. The van der Waals surface area contributed by atoms with Gasteiger partial charge in [0.15, 0.2) is 0 Å². The molecule has 5 heteroatoms. The van der Waals surface area contributed by atoms with Gasteiger partial charge in [-0.1, -0.05) is 31.5 Å². The van der Waals surface area contributed by atoms with Crippen molar-refractivity contribution in [3.8, 4) is 5.75 Å². The second-order valence-electron chi connectivity index (χ2n) is 4.64. The fourth-order valence-corrected chi connectivity index (χ4v) is 2.09. The van der Waals surface area contributed by atoms with Gasteiger partial charge in [-0.2, -0.15) is 0 Å². The number of carboxylic acids is 1. The van der Waals surface area contributed by atoms with E-state index in [1.165, 1.54) is 0 Å². The van der Waals surface area contributed by atoms with Gasteiger partial charge < -0.3 is 15.2 Å². The molecule has 0 aliphatic heterocycles. The average Bonchev–Trinajstić information content (AvgIpc) is 2.38. The van der Waals surface area contributed by atoms with Crippen molar-refractivity contribution in [2.75, 3.05) is 7.11 Å². The Morgan fingerprint density at radius 1 is 1.35 bits per heavy atom. The number of ether oxygens (including phenoxy) is 1. The van der Waals surface area contributed by atoms with E-state index < -0.39 is 5.97 Å². The predicted octanol–water partition coefficient (Wildman–Crippen LogP) is 2.00. The van der Waals surface area contributed by atoms with E-state index in [-0.39, 0.29) is 24.8 Å². The molecule has 1 atom stereocenters. The summed E-state index contributed by atoms with van der Waals surface area (Å²) in [6.45, 7) is 1.96. The first-order valence-corrected chi connectivity index (χ1v) is 6.69. The summed E-state index contributed by atoms with van der Waals surface area (Å²) in [7, 11) is 1.56. The number of benzene rings is 1. The molecule has 5 nitrogen and oxygen atoms in total. The van der Waals surface area contributed by atoms with Crippen molar-refractivity contribution in [3.63, 3.8) is 0 Å². The Morgan fingerprint density at radius 2 is 2.05 bits per heavy atom. The second kappa shape index (κ2) is 8.19. The topological polar surface area (TPSA) is 75.6 Å².